The molecule has 1 fully saturated rings. The third-order valence-corrected chi connectivity index (χ3v) is 4.02. The fourth-order valence-electron chi connectivity index (χ4n) is 2.82. The quantitative estimate of drug-likeness (QED) is 0.811. The van der Waals surface area contributed by atoms with E-state index in [1.54, 1.807) is 0 Å². The number of rotatable bonds is 1. The lowest BCUT2D eigenvalue weighted by Gasteiger charge is -2.22. The summed E-state index contributed by atoms with van der Waals surface area (Å²) in [6.45, 7) is 0. The summed E-state index contributed by atoms with van der Waals surface area (Å²) in [5, 5.41) is 11.8. The van der Waals surface area contributed by atoms with Crippen LogP contribution in [0.5, 0.6) is 5.75 Å². The van der Waals surface area contributed by atoms with Gasteiger partial charge in [-0.3, -0.25) is 0 Å². The van der Waals surface area contributed by atoms with Crippen molar-refractivity contribution in [1.82, 2.24) is 4.98 Å². The van der Waals surface area contributed by atoms with Crippen LogP contribution in [0.15, 0.2) is 24.3 Å². The summed E-state index contributed by atoms with van der Waals surface area (Å²) < 4.78 is 0. The second kappa shape index (κ2) is 4.77. The van der Waals surface area contributed by atoms with Gasteiger partial charge in [0.25, 0.3) is 0 Å². The molecule has 1 saturated carbocycles. The van der Waals surface area contributed by atoms with Gasteiger partial charge in [0.1, 0.15) is 5.75 Å². The van der Waals surface area contributed by atoms with Crippen LogP contribution in [-0.4, -0.2) is 10.1 Å². The van der Waals surface area contributed by atoms with Crippen LogP contribution >= 0.6 is 11.6 Å². The number of aromatic nitrogens is 1. The van der Waals surface area contributed by atoms with Crippen molar-refractivity contribution in [2.45, 2.75) is 38.0 Å². The number of hydrogen-bond donors (Lipinski definition) is 1. The molecule has 1 heterocycles. The predicted octanol–water partition coefficient (Wildman–Crippen LogP) is 4.64. The zero-order chi connectivity index (χ0) is 12.5. The summed E-state index contributed by atoms with van der Waals surface area (Å²) in [6.07, 6.45) is 6.04. The van der Waals surface area contributed by atoms with Gasteiger partial charge in [-0.05, 0) is 31.0 Å². The molecule has 1 aromatic heterocycles. The van der Waals surface area contributed by atoms with Crippen molar-refractivity contribution < 1.29 is 5.11 Å². The molecule has 1 aromatic carbocycles. The van der Waals surface area contributed by atoms with Crippen LogP contribution < -0.4 is 0 Å². The topological polar surface area (TPSA) is 33.1 Å². The zero-order valence-corrected chi connectivity index (χ0v) is 11.0. The van der Waals surface area contributed by atoms with Crippen LogP contribution in [0.1, 0.15) is 43.7 Å². The Balaban J connectivity index is 2.07. The first-order valence-corrected chi connectivity index (χ1v) is 6.91. The van der Waals surface area contributed by atoms with E-state index in [9.17, 15) is 5.11 Å². The standard InChI is InChI=1S/C15H16ClNO/c16-12-7-6-11-8-14(18)15(17-13(11)9-12)10-4-2-1-3-5-10/h6-10,18H,1-5H2. The highest BCUT2D eigenvalue weighted by Gasteiger charge is 2.20. The van der Waals surface area contributed by atoms with E-state index < -0.39 is 0 Å². The van der Waals surface area contributed by atoms with E-state index in [2.05, 4.69) is 4.98 Å². The van der Waals surface area contributed by atoms with Crippen LogP contribution in [0.25, 0.3) is 10.9 Å². The first kappa shape index (κ1) is 11.8. The summed E-state index contributed by atoms with van der Waals surface area (Å²) in [5.74, 6) is 0.735. The average molecular weight is 262 g/mol. The molecule has 1 N–H and O–H groups in total. The number of nitrogens with zero attached hydrogens (tertiary/aromatic N) is 1. The third kappa shape index (κ3) is 2.17. The van der Waals surface area contributed by atoms with Gasteiger partial charge in [-0.1, -0.05) is 36.9 Å². The third-order valence-electron chi connectivity index (χ3n) is 3.78. The molecule has 0 spiro atoms. The molecule has 3 heteroatoms. The number of aromatic hydroxyl groups is 1. The highest BCUT2D eigenvalue weighted by Crippen LogP contribution is 2.37. The lowest BCUT2D eigenvalue weighted by molar-refractivity contribution is 0.407. The molecule has 2 nitrogen and oxygen atoms in total. The van der Waals surface area contributed by atoms with Crippen LogP contribution in [0.4, 0.5) is 0 Å². The van der Waals surface area contributed by atoms with Gasteiger partial charge in [0.15, 0.2) is 0 Å². The maximum atomic E-state index is 10.1. The summed E-state index contributed by atoms with van der Waals surface area (Å²) in [7, 11) is 0. The first-order chi connectivity index (χ1) is 8.74. The molecule has 0 unspecified atom stereocenters. The van der Waals surface area contributed by atoms with Crippen molar-refractivity contribution in [2.75, 3.05) is 0 Å². The molecule has 3 rings (SSSR count). The largest absolute Gasteiger partial charge is 0.506 e. The van der Waals surface area contributed by atoms with E-state index in [1.807, 2.05) is 24.3 Å². The molecular formula is C15H16ClNO. The van der Waals surface area contributed by atoms with Gasteiger partial charge in [0, 0.05) is 16.3 Å². The maximum absolute atomic E-state index is 10.1. The molecule has 0 amide bonds. The molecule has 2 aromatic rings. The molecule has 1 aliphatic carbocycles. The van der Waals surface area contributed by atoms with Crippen molar-refractivity contribution in [3.63, 3.8) is 0 Å². The molecule has 94 valence electrons. The van der Waals surface area contributed by atoms with E-state index in [0.29, 0.717) is 16.7 Å². The van der Waals surface area contributed by atoms with Crippen molar-refractivity contribution in [3.8, 4) is 5.75 Å². The Bertz CT molecular complexity index is 576. The zero-order valence-electron chi connectivity index (χ0n) is 10.2. The Morgan fingerprint density at radius 1 is 1.11 bits per heavy atom. The van der Waals surface area contributed by atoms with Gasteiger partial charge < -0.3 is 5.11 Å². The monoisotopic (exact) mass is 261 g/mol. The molecular weight excluding hydrogens is 246 g/mol. The van der Waals surface area contributed by atoms with Crippen LogP contribution in [-0.2, 0) is 0 Å². The van der Waals surface area contributed by atoms with Gasteiger partial charge in [-0.15, -0.1) is 0 Å². The number of halogens is 1. The van der Waals surface area contributed by atoms with Gasteiger partial charge in [0.05, 0.1) is 11.2 Å². The van der Waals surface area contributed by atoms with Gasteiger partial charge in [-0.25, -0.2) is 4.98 Å². The highest BCUT2D eigenvalue weighted by molar-refractivity contribution is 6.31. The summed E-state index contributed by atoms with van der Waals surface area (Å²) in [5.41, 5.74) is 1.73. The lowest BCUT2D eigenvalue weighted by atomic mass is 9.86. The predicted molar refractivity (Wildman–Crippen MR) is 74.2 cm³/mol. The van der Waals surface area contributed by atoms with Gasteiger partial charge in [0.2, 0.25) is 0 Å². The summed E-state index contributed by atoms with van der Waals surface area (Å²) in [6, 6.07) is 7.39. The minimum Gasteiger partial charge on any atom is -0.506 e. The SMILES string of the molecule is Oc1cc2ccc(Cl)cc2nc1C1CCCCC1. The van der Waals surface area contributed by atoms with Crippen LogP contribution in [0.3, 0.4) is 0 Å². The maximum Gasteiger partial charge on any atom is 0.138 e. The molecule has 0 bridgehead atoms. The Hall–Kier alpha value is -1.28. The second-order valence-corrected chi connectivity index (χ2v) is 5.50. The average Bonchev–Trinajstić information content (AvgIpc) is 2.39. The van der Waals surface area contributed by atoms with E-state index in [0.717, 1.165) is 29.4 Å². The molecule has 1 aliphatic rings. The van der Waals surface area contributed by atoms with Crippen LogP contribution in [0.2, 0.25) is 5.02 Å². The number of pyridine rings is 1. The van der Waals surface area contributed by atoms with E-state index in [-0.39, 0.29) is 0 Å². The van der Waals surface area contributed by atoms with E-state index in [4.69, 9.17) is 11.6 Å². The smallest absolute Gasteiger partial charge is 0.138 e. The van der Waals surface area contributed by atoms with Crippen molar-refractivity contribution >= 4 is 22.5 Å². The summed E-state index contributed by atoms with van der Waals surface area (Å²) in [4.78, 5) is 4.62. The fourth-order valence-corrected chi connectivity index (χ4v) is 2.99. The van der Waals surface area contributed by atoms with Crippen molar-refractivity contribution in [3.05, 3.63) is 35.0 Å². The molecule has 0 aliphatic heterocycles. The number of hydrogen-bond acceptors (Lipinski definition) is 2. The highest BCUT2D eigenvalue weighted by atomic mass is 35.5. The van der Waals surface area contributed by atoms with Crippen molar-refractivity contribution in [1.29, 1.82) is 0 Å². The fraction of sp³-hybridized carbons (Fsp3) is 0.400. The number of fused-ring (bicyclic) bond motifs is 1. The molecule has 0 radical (unpaired) electrons. The van der Waals surface area contributed by atoms with Gasteiger partial charge in [-0.2, -0.15) is 0 Å². The Morgan fingerprint density at radius 3 is 2.67 bits per heavy atom. The van der Waals surface area contributed by atoms with E-state index >= 15 is 0 Å². The molecule has 18 heavy (non-hydrogen) atoms. The lowest BCUT2D eigenvalue weighted by Crippen LogP contribution is -2.06. The normalized spacial score (nSPS) is 17.2. The number of benzene rings is 1. The molecule has 0 saturated heterocycles. The Kier molecular flexibility index (Phi) is 3.13. The second-order valence-electron chi connectivity index (χ2n) is 5.06. The van der Waals surface area contributed by atoms with Crippen molar-refractivity contribution in [2.24, 2.45) is 0 Å². The summed E-state index contributed by atoms with van der Waals surface area (Å²) >= 11 is 5.99. The Morgan fingerprint density at radius 2 is 1.89 bits per heavy atom. The van der Waals surface area contributed by atoms with E-state index in [1.165, 1.54) is 19.3 Å². The first-order valence-electron chi connectivity index (χ1n) is 6.53. The van der Waals surface area contributed by atoms with Crippen LogP contribution in [0, 0.1) is 0 Å². The Labute approximate surface area is 112 Å². The van der Waals surface area contributed by atoms with Gasteiger partial charge >= 0.3 is 0 Å². The minimum absolute atomic E-state index is 0.330. The molecule has 0 atom stereocenters. The minimum atomic E-state index is 0.330.